The Morgan fingerprint density at radius 3 is 3.11 bits per heavy atom. The zero-order valence-corrected chi connectivity index (χ0v) is 5.52. The number of nitrogens with zero attached hydrogens (tertiary/aromatic N) is 1. The number of hydrogen-bond acceptors (Lipinski definition) is 2. The summed E-state index contributed by atoms with van der Waals surface area (Å²) < 4.78 is 0. The van der Waals surface area contributed by atoms with Gasteiger partial charge in [0.05, 0.1) is 11.5 Å². The fraction of sp³-hybridized carbons (Fsp3) is 0.286. The molecule has 0 aliphatic carbocycles. The largest absolute Gasteiger partial charge is 0.370 e. The molecule has 0 spiro atoms. The van der Waals surface area contributed by atoms with Gasteiger partial charge in [-0.15, -0.1) is 0 Å². The van der Waals surface area contributed by atoms with E-state index >= 15 is 0 Å². The Hall–Kier alpha value is -1.05. The number of amidine groups is 1. The topological polar surface area (TPSA) is 24.4 Å². The molecule has 0 aromatic heterocycles. The van der Waals surface area contributed by atoms with Crippen LogP contribution in [0.1, 0.15) is 6.92 Å². The monoisotopic (exact) mass is 122 g/mol. The van der Waals surface area contributed by atoms with E-state index in [0.29, 0.717) is 0 Å². The van der Waals surface area contributed by atoms with Crippen LogP contribution in [0.5, 0.6) is 0 Å². The first-order chi connectivity index (χ1) is 4.33. The minimum Gasteiger partial charge on any atom is -0.370 e. The lowest BCUT2D eigenvalue weighted by molar-refractivity contribution is 0.987. The van der Waals surface area contributed by atoms with Crippen LogP contribution < -0.4 is 5.32 Å². The maximum atomic E-state index is 4.15. The number of aliphatic imine (C=N–C) groups is 1. The molecule has 48 valence electrons. The van der Waals surface area contributed by atoms with Gasteiger partial charge < -0.3 is 5.32 Å². The van der Waals surface area contributed by atoms with Crippen LogP contribution in [0.2, 0.25) is 0 Å². The van der Waals surface area contributed by atoms with Crippen LogP contribution >= 0.6 is 0 Å². The van der Waals surface area contributed by atoms with E-state index in [4.69, 9.17) is 0 Å². The van der Waals surface area contributed by atoms with Crippen molar-refractivity contribution in [2.24, 2.45) is 4.99 Å². The molecule has 0 saturated carbocycles. The molecule has 0 unspecified atom stereocenters. The summed E-state index contributed by atoms with van der Waals surface area (Å²) in [5.74, 6) is 0.965. The van der Waals surface area contributed by atoms with Gasteiger partial charge in [0.1, 0.15) is 0 Å². The number of rotatable bonds is 1. The molecule has 1 aliphatic rings. The minimum atomic E-state index is 0.872. The fourth-order valence-electron chi connectivity index (χ4n) is 0.711. The lowest BCUT2D eigenvalue weighted by Gasteiger charge is -2.08. The summed E-state index contributed by atoms with van der Waals surface area (Å²) in [5, 5.41) is 3.07. The van der Waals surface area contributed by atoms with Crippen molar-refractivity contribution < 1.29 is 0 Å². The van der Waals surface area contributed by atoms with E-state index < -0.39 is 0 Å². The van der Waals surface area contributed by atoms with Crippen LogP contribution in [0.25, 0.3) is 0 Å². The summed E-state index contributed by atoms with van der Waals surface area (Å²) >= 11 is 0. The van der Waals surface area contributed by atoms with E-state index in [9.17, 15) is 0 Å². The Bertz CT molecular complexity index is 177. The van der Waals surface area contributed by atoms with Crippen molar-refractivity contribution in [3.8, 4) is 0 Å². The van der Waals surface area contributed by atoms with Crippen LogP contribution in [0.15, 0.2) is 29.4 Å². The molecule has 0 bridgehead atoms. The molecule has 0 radical (unpaired) electrons. The summed E-state index contributed by atoms with van der Waals surface area (Å²) in [5.41, 5.74) is 0.964. The zero-order chi connectivity index (χ0) is 6.69. The normalized spacial score (nSPS) is 17.4. The predicted molar refractivity (Wildman–Crippen MR) is 39.4 cm³/mol. The first-order valence-electron chi connectivity index (χ1n) is 2.94. The van der Waals surface area contributed by atoms with E-state index in [-0.39, 0.29) is 0 Å². The van der Waals surface area contributed by atoms with E-state index in [1.807, 2.05) is 13.0 Å². The number of nitrogens with one attached hydrogen (secondary N) is 1. The molecule has 9 heavy (non-hydrogen) atoms. The Kier molecular flexibility index (Phi) is 1.68. The zero-order valence-electron chi connectivity index (χ0n) is 5.52. The van der Waals surface area contributed by atoms with Crippen molar-refractivity contribution >= 4 is 5.84 Å². The van der Waals surface area contributed by atoms with E-state index in [2.05, 4.69) is 16.9 Å². The average Bonchev–Trinajstić information content (AvgIpc) is 1.88. The fourth-order valence-corrected chi connectivity index (χ4v) is 0.711. The molecular formula is C7H10N2. The highest BCUT2D eigenvalue weighted by molar-refractivity contribution is 5.81. The first kappa shape index (κ1) is 6.08. The molecule has 1 heterocycles. The summed E-state index contributed by atoms with van der Waals surface area (Å²) in [6.45, 7) is 6.43. The van der Waals surface area contributed by atoms with Gasteiger partial charge in [0, 0.05) is 6.54 Å². The lowest BCUT2D eigenvalue weighted by Crippen LogP contribution is -2.23. The van der Waals surface area contributed by atoms with E-state index in [1.165, 1.54) is 0 Å². The molecule has 2 heteroatoms. The van der Waals surface area contributed by atoms with Crippen molar-refractivity contribution in [3.05, 3.63) is 24.4 Å². The van der Waals surface area contributed by atoms with Crippen molar-refractivity contribution in [2.45, 2.75) is 6.92 Å². The Balaban J connectivity index is 2.74. The Morgan fingerprint density at radius 1 is 1.89 bits per heavy atom. The Labute approximate surface area is 55.0 Å². The van der Waals surface area contributed by atoms with Gasteiger partial charge in [0.15, 0.2) is 0 Å². The highest BCUT2D eigenvalue weighted by atomic mass is 15.0. The average molecular weight is 122 g/mol. The maximum absolute atomic E-state index is 4.15. The molecule has 1 rings (SSSR count). The predicted octanol–water partition coefficient (Wildman–Crippen LogP) is 1.08. The minimum absolute atomic E-state index is 0.872. The second-order valence-electron chi connectivity index (χ2n) is 1.91. The molecule has 0 saturated heterocycles. The second-order valence-corrected chi connectivity index (χ2v) is 1.91. The van der Waals surface area contributed by atoms with Crippen LogP contribution in [0, 0.1) is 0 Å². The molecule has 0 fully saturated rings. The van der Waals surface area contributed by atoms with Gasteiger partial charge in [0.25, 0.3) is 0 Å². The van der Waals surface area contributed by atoms with Gasteiger partial charge in [-0.3, -0.25) is 0 Å². The molecule has 0 amide bonds. The number of hydrogen-bond donors (Lipinski definition) is 1. The first-order valence-corrected chi connectivity index (χ1v) is 2.94. The molecule has 1 N–H and O–H groups in total. The molecular weight excluding hydrogens is 112 g/mol. The quantitative estimate of drug-likeness (QED) is 0.553. The Morgan fingerprint density at radius 2 is 2.67 bits per heavy atom. The van der Waals surface area contributed by atoms with Gasteiger partial charge in [-0.2, -0.15) is 0 Å². The lowest BCUT2D eigenvalue weighted by atomic mass is 10.3. The van der Waals surface area contributed by atoms with Gasteiger partial charge in [-0.25, -0.2) is 4.99 Å². The second kappa shape index (κ2) is 2.49. The van der Waals surface area contributed by atoms with Crippen molar-refractivity contribution in [3.63, 3.8) is 0 Å². The SMILES string of the molecule is C=CC1=CCNC(C)=N1. The molecule has 0 aromatic carbocycles. The smallest absolute Gasteiger partial charge is 0.0993 e. The third kappa shape index (κ3) is 1.42. The number of allylic oxidation sites excluding steroid dienone is 1. The van der Waals surface area contributed by atoms with Crippen LogP contribution in [0.4, 0.5) is 0 Å². The highest BCUT2D eigenvalue weighted by Crippen LogP contribution is 2.00. The molecule has 0 aromatic rings. The summed E-state index contributed by atoms with van der Waals surface area (Å²) in [4.78, 5) is 4.15. The van der Waals surface area contributed by atoms with Gasteiger partial charge >= 0.3 is 0 Å². The van der Waals surface area contributed by atoms with E-state index in [1.54, 1.807) is 6.08 Å². The van der Waals surface area contributed by atoms with Crippen molar-refractivity contribution in [1.82, 2.24) is 5.32 Å². The van der Waals surface area contributed by atoms with Gasteiger partial charge in [0.2, 0.25) is 0 Å². The van der Waals surface area contributed by atoms with Crippen molar-refractivity contribution in [1.29, 1.82) is 0 Å². The molecule has 0 atom stereocenters. The standard InChI is InChI=1S/C7H10N2/c1-3-7-4-5-8-6(2)9-7/h3-4H,1,5H2,2H3,(H,8,9). The van der Waals surface area contributed by atoms with Crippen LogP contribution in [0.3, 0.4) is 0 Å². The third-order valence-corrected chi connectivity index (χ3v) is 1.18. The van der Waals surface area contributed by atoms with Crippen molar-refractivity contribution in [2.75, 3.05) is 6.54 Å². The third-order valence-electron chi connectivity index (χ3n) is 1.18. The summed E-state index contributed by atoms with van der Waals surface area (Å²) in [7, 11) is 0. The summed E-state index contributed by atoms with van der Waals surface area (Å²) in [6.07, 6.45) is 3.75. The maximum Gasteiger partial charge on any atom is 0.0993 e. The molecule has 2 nitrogen and oxygen atoms in total. The summed E-state index contributed by atoms with van der Waals surface area (Å²) in [6, 6.07) is 0. The van der Waals surface area contributed by atoms with Gasteiger partial charge in [-0.05, 0) is 19.1 Å². The molecule has 1 aliphatic heterocycles. The van der Waals surface area contributed by atoms with Gasteiger partial charge in [-0.1, -0.05) is 6.58 Å². The highest BCUT2D eigenvalue weighted by Gasteiger charge is 1.95. The van der Waals surface area contributed by atoms with E-state index in [0.717, 1.165) is 18.1 Å². The van der Waals surface area contributed by atoms with Crippen LogP contribution in [-0.2, 0) is 0 Å². The van der Waals surface area contributed by atoms with Crippen LogP contribution in [-0.4, -0.2) is 12.4 Å².